The number of hydrogen-bond donors (Lipinski definition) is 2. The maximum atomic E-state index is 11.9. The standard InChI is InChI=1S/C22H24Cl3N3O4/c1-14(2)31-10-4-9-26-21(29)22(30)28-27-12-15-11-16(23)7-8-20(15)32-13-17-18(24)5-3-6-19(17)25/h3,5-8,11-12,14H,4,9-10,13H2,1-2H3,(H,26,29)(H,28,30)/b27-12-. The molecular formula is C22H24Cl3N3O4. The van der Waals surface area contributed by atoms with Crippen molar-refractivity contribution in [2.75, 3.05) is 13.2 Å². The molecule has 0 bridgehead atoms. The van der Waals surface area contributed by atoms with Crippen LogP contribution in [0, 0.1) is 0 Å². The zero-order valence-corrected chi connectivity index (χ0v) is 19.9. The number of carbonyl (C=O) groups is 2. The van der Waals surface area contributed by atoms with Gasteiger partial charge in [-0.05, 0) is 50.6 Å². The Hall–Kier alpha value is -2.32. The molecule has 10 heteroatoms. The van der Waals surface area contributed by atoms with Gasteiger partial charge in [-0.2, -0.15) is 5.10 Å². The summed E-state index contributed by atoms with van der Waals surface area (Å²) in [7, 11) is 0. The highest BCUT2D eigenvalue weighted by Crippen LogP contribution is 2.27. The average molecular weight is 501 g/mol. The van der Waals surface area contributed by atoms with E-state index in [1.165, 1.54) is 6.21 Å². The highest BCUT2D eigenvalue weighted by molar-refractivity contribution is 6.36. The molecule has 2 rings (SSSR count). The van der Waals surface area contributed by atoms with Crippen LogP contribution in [0.2, 0.25) is 15.1 Å². The summed E-state index contributed by atoms with van der Waals surface area (Å²) in [6, 6.07) is 10.1. The maximum absolute atomic E-state index is 11.9. The Labute approximate surface area is 202 Å². The van der Waals surface area contributed by atoms with Crippen LogP contribution in [0.4, 0.5) is 0 Å². The van der Waals surface area contributed by atoms with Gasteiger partial charge in [0.25, 0.3) is 0 Å². The first-order valence-electron chi connectivity index (χ1n) is 9.86. The first-order chi connectivity index (χ1) is 15.3. The van der Waals surface area contributed by atoms with Crippen LogP contribution in [0.25, 0.3) is 0 Å². The second kappa shape index (κ2) is 13.3. The van der Waals surface area contributed by atoms with Gasteiger partial charge >= 0.3 is 11.8 Å². The molecular weight excluding hydrogens is 477 g/mol. The topological polar surface area (TPSA) is 89.0 Å². The van der Waals surface area contributed by atoms with Crippen LogP contribution in [-0.4, -0.2) is 37.3 Å². The summed E-state index contributed by atoms with van der Waals surface area (Å²) in [4.78, 5) is 23.7. The molecule has 32 heavy (non-hydrogen) atoms. The lowest BCUT2D eigenvalue weighted by Crippen LogP contribution is -2.38. The van der Waals surface area contributed by atoms with Crippen molar-refractivity contribution in [3.63, 3.8) is 0 Å². The van der Waals surface area contributed by atoms with E-state index in [0.29, 0.717) is 51.5 Å². The molecule has 0 unspecified atom stereocenters. The van der Waals surface area contributed by atoms with Crippen LogP contribution in [-0.2, 0) is 20.9 Å². The van der Waals surface area contributed by atoms with E-state index < -0.39 is 11.8 Å². The number of nitrogens with zero attached hydrogens (tertiary/aromatic N) is 1. The quantitative estimate of drug-likeness (QED) is 0.216. The second-order valence-corrected chi connectivity index (χ2v) is 8.15. The van der Waals surface area contributed by atoms with Crippen molar-refractivity contribution in [1.29, 1.82) is 0 Å². The van der Waals surface area contributed by atoms with E-state index >= 15 is 0 Å². The van der Waals surface area contributed by atoms with E-state index in [0.717, 1.165) is 0 Å². The summed E-state index contributed by atoms with van der Waals surface area (Å²) in [5, 5.41) is 7.73. The van der Waals surface area contributed by atoms with E-state index in [-0.39, 0.29) is 12.7 Å². The van der Waals surface area contributed by atoms with Gasteiger partial charge in [-0.1, -0.05) is 40.9 Å². The number of nitrogens with one attached hydrogen (secondary N) is 2. The summed E-state index contributed by atoms with van der Waals surface area (Å²) >= 11 is 18.4. The van der Waals surface area contributed by atoms with Gasteiger partial charge in [-0.15, -0.1) is 0 Å². The molecule has 172 valence electrons. The molecule has 0 radical (unpaired) electrons. The van der Waals surface area contributed by atoms with E-state index in [4.69, 9.17) is 44.3 Å². The molecule has 0 heterocycles. The molecule has 2 aromatic rings. The largest absolute Gasteiger partial charge is 0.488 e. The third-order valence-corrected chi connectivity index (χ3v) is 4.98. The van der Waals surface area contributed by atoms with Crippen LogP contribution in [0.15, 0.2) is 41.5 Å². The maximum Gasteiger partial charge on any atom is 0.329 e. The van der Waals surface area contributed by atoms with Gasteiger partial charge in [0.2, 0.25) is 0 Å². The van der Waals surface area contributed by atoms with Gasteiger partial charge in [-0.3, -0.25) is 9.59 Å². The van der Waals surface area contributed by atoms with E-state index in [1.54, 1.807) is 36.4 Å². The van der Waals surface area contributed by atoms with Crippen molar-refractivity contribution in [1.82, 2.24) is 10.7 Å². The highest BCUT2D eigenvalue weighted by atomic mass is 35.5. The van der Waals surface area contributed by atoms with Crippen molar-refractivity contribution in [2.24, 2.45) is 5.10 Å². The van der Waals surface area contributed by atoms with Crippen LogP contribution in [0.1, 0.15) is 31.4 Å². The molecule has 2 aromatic carbocycles. The van der Waals surface area contributed by atoms with E-state index in [2.05, 4.69) is 15.8 Å². The van der Waals surface area contributed by atoms with Gasteiger partial charge in [0, 0.05) is 39.3 Å². The molecule has 7 nitrogen and oxygen atoms in total. The molecule has 0 fully saturated rings. The number of benzene rings is 2. The summed E-state index contributed by atoms with van der Waals surface area (Å²) in [5.74, 6) is -1.24. The minimum Gasteiger partial charge on any atom is -0.488 e. The molecule has 2 amide bonds. The van der Waals surface area contributed by atoms with Gasteiger partial charge in [0.15, 0.2) is 0 Å². The molecule has 2 N–H and O–H groups in total. The molecule has 0 aliphatic heterocycles. The van der Waals surface area contributed by atoms with Gasteiger partial charge < -0.3 is 14.8 Å². The Kier molecular flexibility index (Phi) is 10.8. The Morgan fingerprint density at radius 3 is 2.50 bits per heavy atom. The fourth-order valence-corrected chi connectivity index (χ4v) is 3.14. The van der Waals surface area contributed by atoms with Gasteiger partial charge in [0.05, 0.1) is 12.3 Å². The number of hydrogen-bond acceptors (Lipinski definition) is 5. The Morgan fingerprint density at radius 1 is 1.09 bits per heavy atom. The van der Waals surface area contributed by atoms with Crippen LogP contribution in [0.5, 0.6) is 5.75 Å². The summed E-state index contributed by atoms with van der Waals surface area (Å²) in [6.07, 6.45) is 2.04. The van der Waals surface area contributed by atoms with Crippen LogP contribution < -0.4 is 15.5 Å². The zero-order valence-electron chi connectivity index (χ0n) is 17.7. The van der Waals surface area contributed by atoms with Crippen molar-refractivity contribution in [2.45, 2.75) is 33.0 Å². The number of rotatable bonds is 10. The molecule has 0 aliphatic rings. The molecule has 0 saturated heterocycles. The Balaban J connectivity index is 1.92. The predicted octanol–water partition coefficient (Wildman–Crippen LogP) is 4.61. The molecule has 0 spiro atoms. The molecule has 0 aromatic heterocycles. The Bertz CT molecular complexity index is 947. The lowest BCUT2D eigenvalue weighted by atomic mass is 10.2. The lowest BCUT2D eigenvalue weighted by molar-refractivity contribution is -0.139. The zero-order chi connectivity index (χ0) is 23.5. The molecule has 0 saturated carbocycles. The average Bonchev–Trinajstić information content (AvgIpc) is 2.74. The van der Waals surface area contributed by atoms with Crippen LogP contribution in [0.3, 0.4) is 0 Å². The number of ether oxygens (including phenoxy) is 2. The molecule has 0 atom stereocenters. The second-order valence-electron chi connectivity index (χ2n) is 6.90. The predicted molar refractivity (Wildman–Crippen MR) is 127 cm³/mol. The van der Waals surface area contributed by atoms with Crippen molar-refractivity contribution < 1.29 is 19.1 Å². The highest BCUT2D eigenvalue weighted by Gasteiger charge is 2.12. The first-order valence-corrected chi connectivity index (χ1v) is 11.0. The van der Waals surface area contributed by atoms with E-state index in [9.17, 15) is 9.59 Å². The van der Waals surface area contributed by atoms with Gasteiger partial charge in [-0.25, -0.2) is 5.43 Å². The summed E-state index contributed by atoms with van der Waals surface area (Å²) < 4.78 is 11.2. The number of hydrazone groups is 1. The van der Waals surface area contributed by atoms with Crippen LogP contribution >= 0.6 is 34.8 Å². The monoisotopic (exact) mass is 499 g/mol. The van der Waals surface area contributed by atoms with Crippen molar-refractivity contribution >= 4 is 52.8 Å². The SMILES string of the molecule is CC(C)OCCCNC(=O)C(=O)N/N=C\c1cc(Cl)ccc1OCc1c(Cl)cccc1Cl. The fourth-order valence-electron chi connectivity index (χ4n) is 2.46. The number of carbonyl (C=O) groups excluding carboxylic acids is 2. The smallest absolute Gasteiger partial charge is 0.329 e. The number of amides is 2. The summed E-state index contributed by atoms with van der Waals surface area (Å²) in [6.45, 7) is 4.78. The first kappa shape index (κ1) is 25.9. The van der Waals surface area contributed by atoms with Gasteiger partial charge in [0.1, 0.15) is 12.4 Å². The minimum absolute atomic E-state index is 0.116. The van der Waals surface area contributed by atoms with Crippen molar-refractivity contribution in [3.05, 3.63) is 62.6 Å². The fraction of sp³-hybridized carbons (Fsp3) is 0.318. The lowest BCUT2D eigenvalue weighted by Gasteiger charge is -2.12. The number of halogens is 3. The van der Waals surface area contributed by atoms with Crippen molar-refractivity contribution in [3.8, 4) is 5.75 Å². The summed E-state index contributed by atoms with van der Waals surface area (Å²) in [5.41, 5.74) is 3.30. The third-order valence-electron chi connectivity index (χ3n) is 4.04. The third kappa shape index (κ3) is 8.67. The van der Waals surface area contributed by atoms with E-state index in [1.807, 2.05) is 13.8 Å². The minimum atomic E-state index is -0.890. The normalized spacial score (nSPS) is 11.1. The molecule has 0 aliphatic carbocycles. The Morgan fingerprint density at radius 2 is 1.81 bits per heavy atom.